The number of carbonyl (C=O) groups is 17. The maximum absolute atomic E-state index is 15.7. The number of thioether (sulfide) groups is 1. The van der Waals surface area contributed by atoms with Gasteiger partial charge in [0.05, 0.1) is 38.2 Å². The van der Waals surface area contributed by atoms with E-state index in [2.05, 4.69) is 78.4 Å². The summed E-state index contributed by atoms with van der Waals surface area (Å²) in [5, 5.41) is 48.8. The lowest BCUT2D eigenvalue weighted by Crippen LogP contribution is -2.61. The van der Waals surface area contributed by atoms with Crippen molar-refractivity contribution in [1.29, 1.82) is 5.41 Å². The normalized spacial score (nSPS) is 23.4. The number of imidazole rings is 1. The summed E-state index contributed by atoms with van der Waals surface area (Å²) in [5.74, 6) is -18.3. The summed E-state index contributed by atoms with van der Waals surface area (Å²) in [5.41, 5.74) is 19.5. The van der Waals surface area contributed by atoms with E-state index in [0.717, 1.165) is 36.3 Å². The molecule has 2 fully saturated rings. The summed E-state index contributed by atoms with van der Waals surface area (Å²) in [6, 6.07) is -0.901. The summed E-state index contributed by atoms with van der Waals surface area (Å²) < 4.78 is 15.2. The average Bonchev–Trinajstić information content (AvgIpc) is 1.77. The molecule has 3 aromatic heterocycles. The number of hydrogen-bond acceptors (Lipinski definition) is 21. The number of nitrogens with one attached hydrogen (secondary N) is 15. The number of rotatable bonds is 26. The first-order chi connectivity index (χ1) is 63.3. The van der Waals surface area contributed by atoms with Crippen molar-refractivity contribution < 1.29 is 91.0 Å². The average molecular weight is 1870 g/mol. The first-order valence-electron chi connectivity index (χ1n) is 44.3. The van der Waals surface area contributed by atoms with Crippen LogP contribution in [0.15, 0.2) is 97.7 Å². The fraction of sp³-hybridized carbons (Fsp3) is 0.517. The van der Waals surface area contributed by atoms with E-state index in [9.17, 15) is 62.6 Å². The van der Waals surface area contributed by atoms with Gasteiger partial charge in [-0.2, -0.15) is 0 Å². The Bertz CT molecular complexity index is 5110. The lowest BCUT2D eigenvalue weighted by Gasteiger charge is -2.36. The van der Waals surface area contributed by atoms with Crippen LogP contribution in [0.4, 0.5) is 4.39 Å². The lowest BCUT2D eigenvalue weighted by atomic mass is 10.00. The Labute approximate surface area is 773 Å². The standard InChI is InChI=1S/C89H125FN24O18S/c1-10-12-26-69-82(126)103-60(25-19-31-96-89(93)94)78(122)109-68(77(121)99-43-73(92)117)46-133-47-75(119)102-64(34-51-21-15-14-16-22-51)85(129)111(7)50(5)76(120)105-66(39-72(91)116)87(131)114-32-20-28-70(114)83(127)104-62(38-55-42-95-48-100-55)80(124)106-63(33-49(3)4)84(128)110(6)44-74(118)101-61(35-52-40-97-58-24-18-17-23-56(52)58)79(123)108-67(45-115)81(125)107-65(36-53-41-98-59-30-29-54(90)37-57(53)59)86(130)113(9)71(27-13-11-2)88(132)112(69)8/h14-18,21-24,29-30,37,40-42,48-50,60-71,97-98,115H,10-13,19-20,25-28,31-36,38-39,43-47H2,1-9H3,(H2,91,116)(H2,92,117)(H,95,100)(H,99,121)(H,101,118)(H,102,119)(H,103,126)(H,104,127)(H,105,120)(H,106,124)(H,107,125)(H,108,123)(H,109,122)(H4,93,94,96)/t50-,60-,61-,62-,63-,64-,65-,66-,67-,68-,69-,70-,71-/m0/s1. The zero-order valence-corrected chi connectivity index (χ0v) is 77.0. The van der Waals surface area contributed by atoms with E-state index in [1.165, 1.54) is 72.0 Å². The van der Waals surface area contributed by atoms with Gasteiger partial charge in [0.1, 0.15) is 84.4 Å². The third-order valence-electron chi connectivity index (χ3n) is 23.2. The Morgan fingerprint density at radius 1 is 0.564 bits per heavy atom. The fourth-order valence-electron chi connectivity index (χ4n) is 15.8. The molecule has 2 aliphatic heterocycles. The highest BCUT2D eigenvalue weighted by molar-refractivity contribution is 8.00. The number of aromatic amines is 3. The highest BCUT2D eigenvalue weighted by atomic mass is 32.2. The molecule has 6 aromatic rings. The molecule has 44 heteroatoms. The zero-order chi connectivity index (χ0) is 97.4. The zero-order valence-electron chi connectivity index (χ0n) is 76.2. The minimum Gasteiger partial charge on any atom is -0.394 e. The van der Waals surface area contributed by atoms with E-state index in [1.807, 2.05) is 13.8 Å². The first-order valence-corrected chi connectivity index (χ1v) is 45.5. The SMILES string of the molecule is CCCC[C@H]1C(=O)N(C)[C@@H](CCCC)C(=O)N[C@@H](CCCNC(=N)N)C(=O)N[C@H](C(=O)NCC(N)=O)CSCC(=O)N[C@@H](Cc2ccccc2)C(=O)N(C)[C@@H](C)C(=O)N[C@@H](CC(N)=O)C(=O)N2CCC[C@H]2C(=O)N[C@@H](Cc2cnc[nH]2)C(=O)N[C@@H](CC(C)C)C(=O)N(C)CC(=O)N[C@@H](Cc2c[nH]c3ccccc23)C(=O)N[C@@H](CO)C(=O)N[C@@H](Cc2c[nH]c3ccc(F)cc23)C(=O)N1C. The van der Waals surface area contributed by atoms with E-state index in [0.29, 0.717) is 64.3 Å². The largest absolute Gasteiger partial charge is 0.394 e. The lowest BCUT2D eigenvalue weighted by molar-refractivity contribution is -0.149. The van der Waals surface area contributed by atoms with Crippen molar-refractivity contribution in [3.05, 3.63) is 126 Å². The second kappa shape index (κ2) is 50.7. The number of fused-ring (bicyclic) bond motifs is 3. The molecule has 8 rings (SSSR count). The quantitative estimate of drug-likeness (QED) is 0.0159. The number of carbonyl (C=O) groups excluding carboxylic acids is 17. The topological polar surface area (TPSA) is 621 Å². The Kier molecular flexibility index (Phi) is 40.0. The molecule has 0 unspecified atom stereocenters. The molecule has 13 atom stereocenters. The molecule has 5 heterocycles. The second-order valence-corrected chi connectivity index (χ2v) is 34.8. The maximum atomic E-state index is 15.7. The van der Waals surface area contributed by atoms with Crippen LogP contribution in [0.3, 0.4) is 0 Å². The van der Waals surface area contributed by atoms with Crippen LogP contribution < -0.4 is 75.7 Å². The van der Waals surface area contributed by atoms with Gasteiger partial charge in [-0.1, -0.05) is 102 Å². The van der Waals surface area contributed by atoms with Gasteiger partial charge in [0.2, 0.25) is 100 Å². The maximum Gasteiger partial charge on any atom is 0.246 e. The molecule has 722 valence electrons. The number of nitrogens with zero attached hydrogens (tertiary/aromatic N) is 6. The Morgan fingerprint density at radius 2 is 1.14 bits per heavy atom. The number of unbranched alkanes of at least 4 members (excludes halogenated alkanes) is 2. The molecule has 0 spiro atoms. The third-order valence-corrected chi connectivity index (χ3v) is 24.2. The van der Waals surface area contributed by atoms with E-state index >= 15 is 28.4 Å². The molecule has 42 nitrogen and oxygen atoms in total. The molecule has 0 radical (unpaired) electrons. The summed E-state index contributed by atoms with van der Waals surface area (Å²) in [6.45, 7) is 5.74. The number of H-pyrrole nitrogens is 3. The van der Waals surface area contributed by atoms with Crippen LogP contribution in [0.5, 0.6) is 0 Å². The van der Waals surface area contributed by atoms with Crippen LogP contribution in [-0.2, 0) is 107 Å². The van der Waals surface area contributed by atoms with Crippen LogP contribution in [-0.4, -0.2) is 307 Å². The van der Waals surface area contributed by atoms with Gasteiger partial charge < -0.3 is 120 Å². The highest BCUT2D eigenvalue weighted by Gasteiger charge is 2.44. The summed E-state index contributed by atoms with van der Waals surface area (Å²) >= 11 is 0.782. The van der Waals surface area contributed by atoms with Gasteiger partial charge in [0.25, 0.3) is 0 Å². The molecule has 133 heavy (non-hydrogen) atoms. The predicted molar refractivity (Wildman–Crippen MR) is 490 cm³/mol. The van der Waals surface area contributed by atoms with E-state index in [4.69, 9.17) is 22.6 Å². The van der Waals surface area contributed by atoms with Gasteiger partial charge in [-0.05, 0) is 98.7 Å². The van der Waals surface area contributed by atoms with Crippen molar-refractivity contribution in [3.8, 4) is 0 Å². The molecule has 0 saturated carbocycles. The van der Waals surface area contributed by atoms with Crippen LogP contribution in [0, 0.1) is 17.1 Å². The Morgan fingerprint density at radius 3 is 1.78 bits per heavy atom. The predicted octanol–water partition coefficient (Wildman–Crippen LogP) is -2.00. The Balaban J connectivity index is 1.19. The number of guanidine groups is 1. The van der Waals surface area contributed by atoms with Gasteiger partial charge in [-0.25, -0.2) is 9.37 Å². The van der Waals surface area contributed by atoms with Gasteiger partial charge in [-0.15, -0.1) is 11.8 Å². The van der Waals surface area contributed by atoms with Crippen LogP contribution in [0.1, 0.15) is 134 Å². The van der Waals surface area contributed by atoms with Crippen LogP contribution in [0.2, 0.25) is 0 Å². The smallest absolute Gasteiger partial charge is 0.246 e. The van der Waals surface area contributed by atoms with Crippen molar-refractivity contribution in [3.63, 3.8) is 0 Å². The summed E-state index contributed by atoms with van der Waals surface area (Å²) in [4.78, 5) is 267. The number of halogens is 1. The van der Waals surface area contributed by atoms with E-state index < -0.39 is 235 Å². The van der Waals surface area contributed by atoms with Crippen LogP contribution >= 0.6 is 11.8 Å². The number of aliphatic hydroxyl groups is 1. The fourth-order valence-corrected chi connectivity index (χ4v) is 16.7. The molecule has 0 aliphatic carbocycles. The number of aromatic nitrogens is 4. The number of para-hydroxylation sites is 1. The second-order valence-electron chi connectivity index (χ2n) is 33.8. The Hall–Kier alpha value is -13.6. The minimum absolute atomic E-state index is 0.00553. The van der Waals surface area contributed by atoms with Gasteiger partial charge >= 0.3 is 0 Å². The molecule has 2 saturated heterocycles. The minimum atomic E-state index is -1.91. The van der Waals surface area contributed by atoms with Gasteiger partial charge in [0.15, 0.2) is 5.96 Å². The third kappa shape index (κ3) is 30.5. The molecule has 17 amide bonds. The number of benzene rings is 3. The molecule has 3 aromatic carbocycles. The van der Waals surface area contributed by atoms with Crippen molar-refractivity contribution in [1.82, 2.24) is 103 Å². The van der Waals surface area contributed by atoms with Crippen molar-refractivity contribution in [2.75, 3.05) is 72.5 Å². The van der Waals surface area contributed by atoms with Crippen molar-refractivity contribution >= 4 is 140 Å². The van der Waals surface area contributed by atoms with Crippen molar-refractivity contribution in [2.24, 2.45) is 23.1 Å². The monoisotopic (exact) mass is 1870 g/mol. The van der Waals surface area contributed by atoms with Crippen LogP contribution in [0.25, 0.3) is 21.8 Å². The van der Waals surface area contributed by atoms with E-state index in [1.54, 1.807) is 74.6 Å². The van der Waals surface area contributed by atoms with Gasteiger partial charge in [-0.3, -0.25) is 86.9 Å². The first kappa shape index (κ1) is 105. The molecule has 22 N–H and O–H groups in total. The molecular weight excluding hydrogens is 1740 g/mol. The highest BCUT2D eigenvalue weighted by Crippen LogP contribution is 2.27. The number of hydrogen-bond donors (Lipinski definition) is 19. The number of primary amides is 2. The molecular formula is C89H125FN24O18S. The summed E-state index contributed by atoms with van der Waals surface area (Å²) in [7, 11) is 5.14. The van der Waals surface area contributed by atoms with Gasteiger partial charge in [0, 0.05) is 119 Å². The number of aliphatic hydroxyl groups excluding tert-OH is 1. The van der Waals surface area contributed by atoms with E-state index in [-0.39, 0.29) is 88.8 Å². The summed E-state index contributed by atoms with van der Waals surface area (Å²) in [6.07, 6.45) is 5.30. The van der Waals surface area contributed by atoms with Crippen molar-refractivity contribution in [2.45, 2.75) is 216 Å². The number of amides is 17. The number of nitrogens with two attached hydrogens (primary N) is 3. The molecule has 0 bridgehead atoms. The number of likely N-dealkylation sites (N-methyl/N-ethyl adjacent to an activating group) is 4. The molecule has 2 aliphatic rings.